The normalized spacial score (nSPS) is 14.2. The van der Waals surface area contributed by atoms with Gasteiger partial charge < -0.3 is 19.5 Å². The highest BCUT2D eigenvalue weighted by molar-refractivity contribution is 6.31. The standard InChI is InChI=1S/C33H28ClN3O4/c1-2-40-28-17-23(13-16-27(28)41-20-22-11-7-4-8-12-22)32-29-30(25-18-24(34)14-15-26(25)38)35-36-31(29)33(39)37(32)19-21-9-5-3-6-10-21/h3-18,32,38H,2,19-20H2,1H3,(H,35,36). The molecule has 4 aromatic carbocycles. The first-order valence-electron chi connectivity index (χ1n) is 13.4. The van der Waals surface area contributed by atoms with E-state index in [1.807, 2.05) is 85.8 Å². The third-order valence-corrected chi connectivity index (χ3v) is 7.33. The maximum atomic E-state index is 13.8. The lowest BCUT2D eigenvalue weighted by Gasteiger charge is -2.27. The van der Waals surface area contributed by atoms with Crippen molar-refractivity contribution >= 4 is 17.5 Å². The zero-order chi connectivity index (χ0) is 28.3. The van der Waals surface area contributed by atoms with Crippen molar-refractivity contribution in [1.82, 2.24) is 15.1 Å². The third kappa shape index (κ3) is 5.24. The van der Waals surface area contributed by atoms with Gasteiger partial charge in [-0.25, -0.2) is 0 Å². The van der Waals surface area contributed by atoms with Gasteiger partial charge in [-0.15, -0.1) is 0 Å². The predicted octanol–water partition coefficient (Wildman–Crippen LogP) is 7.16. The second-order valence-corrected chi connectivity index (χ2v) is 10.2. The molecule has 0 saturated heterocycles. The monoisotopic (exact) mass is 565 g/mol. The highest BCUT2D eigenvalue weighted by atomic mass is 35.5. The van der Waals surface area contributed by atoms with E-state index in [4.69, 9.17) is 21.1 Å². The number of nitrogens with zero attached hydrogens (tertiary/aromatic N) is 2. The van der Waals surface area contributed by atoms with Crippen LogP contribution in [0, 0.1) is 0 Å². The number of aromatic nitrogens is 2. The summed E-state index contributed by atoms with van der Waals surface area (Å²) in [5, 5.41) is 18.6. The number of phenolic OH excluding ortho intramolecular Hbond substituents is 1. The van der Waals surface area contributed by atoms with Gasteiger partial charge >= 0.3 is 0 Å². The Hall–Kier alpha value is -4.75. The Balaban J connectivity index is 1.44. The zero-order valence-corrected chi connectivity index (χ0v) is 23.1. The molecule has 1 aromatic heterocycles. The molecule has 0 saturated carbocycles. The molecule has 6 rings (SSSR count). The molecular formula is C33H28ClN3O4. The largest absolute Gasteiger partial charge is 0.507 e. The maximum Gasteiger partial charge on any atom is 0.273 e. The minimum Gasteiger partial charge on any atom is -0.507 e. The van der Waals surface area contributed by atoms with E-state index in [9.17, 15) is 9.90 Å². The smallest absolute Gasteiger partial charge is 0.273 e. The number of hydrogen-bond acceptors (Lipinski definition) is 5. The molecule has 2 heterocycles. The van der Waals surface area contributed by atoms with Crippen LogP contribution in [0.2, 0.25) is 5.02 Å². The number of carbonyl (C=O) groups excluding carboxylic acids is 1. The van der Waals surface area contributed by atoms with E-state index < -0.39 is 6.04 Å². The number of carbonyl (C=O) groups is 1. The SMILES string of the molecule is CCOc1cc(C2c3c(-c4cc(Cl)ccc4O)n[nH]c3C(=O)N2Cc2ccccc2)ccc1OCc1ccccc1. The zero-order valence-electron chi connectivity index (χ0n) is 22.4. The number of benzene rings is 4. The summed E-state index contributed by atoms with van der Waals surface area (Å²) in [6.07, 6.45) is 0. The number of hydrogen-bond donors (Lipinski definition) is 2. The molecule has 206 valence electrons. The van der Waals surface area contributed by atoms with E-state index in [1.54, 1.807) is 17.0 Å². The summed E-state index contributed by atoms with van der Waals surface area (Å²) >= 11 is 6.29. The first kappa shape index (κ1) is 26.5. The van der Waals surface area contributed by atoms with E-state index in [2.05, 4.69) is 10.2 Å². The Kier molecular flexibility index (Phi) is 7.35. The minimum absolute atomic E-state index is 0.0241. The van der Waals surface area contributed by atoms with Gasteiger partial charge in [-0.05, 0) is 53.9 Å². The fourth-order valence-corrected chi connectivity index (χ4v) is 5.38. The number of H-pyrrole nitrogens is 1. The summed E-state index contributed by atoms with van der Waals surface area (Å²) in [4.78, 5) is 15.6. The van der Waals surface area contributed by atoms with E-state index in [-0.39, 0.29) is 11.7 Å². The van der Waals surface area contributed by atoms with Crippen LogP contribution >= 0.6 is 11.6 Å². The Bertz CT molecular complexity index is 1690. The van der Waals surface area contributed by atoms with Gasteiger partial charge in [-0.3, -0.25) is 9.89 Å². The molecule has 1 amide bonds. The summed E-state index contributed by atoms with van der Waals surface area (Å²) in [5.41, 5.74) is 4.82. The van der Waals surface area contributed by atoms with Gasteiger partial charge in [0.1, 0.15) is 23.7 Å². The van der Waals surface area contributed by atoms with Gasteiger partial charge in [0.05, 0.1) is 12.6 Å². The van der Waals surface area contributed by atoms with Gasteiger partial charge in [0.15, 0.2) is 11.5 Å². The van der Waals surface area contributed by atoms with Crippen LogP contribution in [0.3, 0.4) is 0 Å². The molecular weight excluding hydrogens is 538 g/mol. The van der Waals surface area contributed by atoms with E-state index in [0.717, 1.165) is 16.7 Å². The fourth-order valence-electron chi connectivity index (χ4n) is 5.21. The molecule has 5 aromatic rings. The van der Waals surface area contributed by atoms with Crippen molar-refractivity contribution in [3.05, 3.63) is 130 Å². The molecule has 2 N–H and O–H groups in total. The summed E-state index contributed by atoms with van der Waals surface area (Å²) in [5.74, 6) is 1.03. The summed E-state index contributed by atoms with van der Waals surface area (Å²) in [7, 11) is 0. The van der Waals surface area contributed by atoms with E-state index >= 15 is 0 Å². The average Bonchev–Trinajstić information content (AvgIpc) is 3.53. The number of amides is 1. The summed E-state index contributed by atoms with van der Waals surface area (Å²) in [6.45, 7) is 3.14. The lowest BCUT2D eigenvalue weighted by Crippen LogP contribution is -2.29. The Morgan fingerprint density at radius 1 is 0.902 bits per heavy atom. The van der Waals surface area contributed by atoms with Crippen molar-refractivity contribution in [2.75, 3.05) is 6.61 Å². The second kappa shape index (κ2) is 11.4. The van der Waals surface area contributed by atoms with Crippen LogP contribution in [0.25, 0.3) is 11.3 Å². The molecule has 41 heavy (non-hydrogen) atoms. The van der Waals surface area contributed by atoms with Crippen LogP contribution < -0.4 is 9.47 Å². The first-order chi connectivity index (χ1) is 20.0. The van der Waals surface area contributed by atoms with Crippen LogP contribution in [0.15, 0.2) is 97.1 Å². The summed E-state index contributed by atoms with van der Waals surface area (Å²) in [6, 6.07) is 29.8. The van der Waals surface area contributed by atoms with Crippen LogP contribution in [0.1, 0.15) is 45.7 Å². The van der Waals surface area contributed by atoms with Crippen molar-refractivity contribution in [2.24, 2.45) is 0 Å². The first-order valence-corrected chi connectivity index (χ1v) is 13.8. The Morgan fingerprint density at radius 3 is 2.37 bits per heavy atom. The van der Waals surface area contributed by atoms with Crippen LogP contribution in [-0.4, -0.2) is 32.7 Å². The maximum absolute atomic E-state index is 13.8. The highest BCUT2D eigenvalue weighted by Crippen LogP contribution is 2.47. The predicted molar refractivity (Wildman–Crippen MR) is 157 cm³/mol. The quantitative estimate of drug-likeness (QED) is 0.198. The number of rotatable bonds is 9. The van der Waals surface area contributed by atoms with Crippen molar-refractivity contribution in [3.8, 4) is 28.5 Å². The number of aromatic amines is 1. The lowest BCUT2D eigenvalue weighted by atomic mass is 9.95. The molecule has 1 aliphatic heterocycles. The Labute approximate surface area is 242 Å². The second-order valence-electron chi connectivity index (χ2n) is 9.76. The van der Waals surface area contributed by atoms with Crippen molar-refractivity contribution < 1.29 is 19.4 Å². The van der Waals surface area contributed by atoms with Crippen molar-refractivity contribution in [2.45, 2.75) is 26.1 Å². The summed E-state index contributed by atoms with van der Waals surface area (Å²) < 4.78 is 12.2. The van der Waals surface area contributed by atoms with Crippen LogP contribution in [-0.2, 0) is 13.2 Å². The average molecular weight is 566 g/mol. The molecule has 0 bridgehead atoms. The fraction of sp³-hybridized carbons (Fsp3) is 0.152. The molecule has 0 radical (unpaired) electrons. The van der Waals surface area contributed by atoms with Gasteiger partial charge in [-0.1, -0.05) is 78.3 Å². The molecule has 8 heteroatoms. The molecule has 0 spiro atoms. The molecule has 1 aliphatic rings. The number of halogens is 1. The molecule has 1 atom stereocenters. The molecule has 1 unspecified atom stereocenters. The molecule has 0 aliphatic carbocycles. The molecule has 0 fully saturated rings. The number of nitrogens with one attached hydrogen (secondary N) is 1. The van der Waals surface area contributed by atoms with Gasteiger partial charge in [0.2, 0.25) is 0 Å². The number of phenols is 1. The third-order valence-electron chi connectivity index (χ3n) is 7.09. The van der Waals surface area contributed by atoms with Crippen LogP contribution in [0.5, 0.6) is 17.2 Å². The number of aromatic hydroxyl groups is 1. The van der Waals surface area contributed by atoms with E-state index in [0.29, 0.717) is 58.8 Å². The minimum atomic E-state index is -0.507. The number of ether oxygens (including phenoxy) is 2. The highest BCUT2D eigenvalue weighted by Gasteiger charge is 2.43. The van der Waals surface area contributed by atoms with Crippen molar-refractivity contribution in [1.29, 1.82) is 0 Å². The lowest BCUT2D eigenvalue weighted by molar-refractivity contribution is 0.0729. The topological polar surface area (TPSA) is 87.7 Å². The van der Waals surface area contributed by atoms with Gasteiger partial charge in [0, 0.05) is 22.7 Å². The van der Waals surface area contributed by atoms with Gasteiger partial charge in [0.25, 0.3) is 5.91 Å². The molecule has 7 nitrogen and oxygen atoms in total. The number of fused-ring (bicyclic) bond motifs is 1. The van der Waals surface area contributed by atoms with E-state index in [1.165, 1.54) is 6.07 Å². The van der Waals surface area contributed by atoms with Gasteiger partial charge in [-0.2, -0.15) is 5.10 Å². The van der Waals surface area contributed by atoms with Crippen molar-refractivity contribution in [3.63, 3.8) is 0 Å². The van der Waals surface area contributed by atoms with Crippen LogP contribution in [0.4, 0.5) is 0 Å². The Morgan fingerprint density at radius 2 is 1.63 bits per heavy atom.